The lowest BCUT2D eigenvalue weighted by Gasteiger charge is -2.33. The molecule has 1 saturated heterocycles. The first kappa shape index (κ1) is 16.3. The zero-order valence-corrected chi connectivity index (χ0v) is 13.4. The highest BCUT2D eigenvalue weighted by molar-refractivity contribution is 6.30. The summed E-state index contributed by atoms with van der Waals surface area (Å²) in [7, 11) is 0. The van der Waals surface area contributed by atoms with Crippen LogP contribution in [0.3, 0.4) is 0 Å². The number of hydrogen-bond donors (Lipinski definition) is 2. The molecule has 4 nitrogen and oxygen atoms in total. The summed E-state index contributed by atoms with van der Waals surface area (Å²) in [5, 5.41) is 13.7. The van der Waals surface area contributed by atoms with Gasteiger partial charge in [0.1, 0.15) is 0 Å². The third kappa shape index (κ3) is 4.70. The summed E-state index contributed by atoms with van der Waals surface area (Å²) in [4.78, 5) is 14.1. The smallest absolute Gasteiger partial charge is 0.234 e. The SMILES string of the molecule is CC(C)(O)C1CCCN1CC(=O)NCc1cccc(Cl)c1. The lowest BCUT2D eigenvalue weighted by Crippen LogP contribution is -2.48. The van der Waals surface area contributed by atoms with Gasteiger partial charge in [-0.2, -0.15) is 0 Å². The monoisotopic (exact) mass is 310 g/mol. The number of carbonyl (C=O) groups is 1. The fraction of sp³-hybridized carbons (Fsp3) is 0.562. The van der Waals surface area contributed by atoms with Crippen LogP contribution in [0.2, 0.25) is 5.02 Å². The predicted molar refractivity (Wildman–Crippen MR) is 84.2 cm³/mol. The van der Waals surface area contributed by atoms with Crippen LogP contribution in [0.25, 0.3) is 0 Å². The quantitative estimate of drug-likeness (QED) is 0.876. The van der Waals surface area contributed by atoms with Crippen molar-refractivity contribution in [2.24, 2.45) is 0 Å². The maximum atomic E-state index is 12.1. The Hall–Kier alpha value is -1.10. The number of aliphatic hydroxyl groups is 1. The van der Waals surface area contributed by atoms with Crippen molar-refractivity contribution >= 4 is 17.5 Å². The second kappa shape index (κ2) is 6.77. The van der Waals surface area contributed by atoms with Crippen molar-refractivity contribution in [1.82, 2.24) is 10.2 Å². The summed E-state index contributed by atoms with van der Waals surface area (Å²) in [5.74, 6) is -0.0221. The van der Waals surface area contributed by atoms with Crippen LogP contribution < -0.4 is 5.32 Å². The molecule has 116 valence electrons. The van der Waals surface area contributed by atoms with Gasteiger partial charge >= 0.3 is 0 Å². The minimum absolute atomic E-state index is 0.0221. The summed E-state index contributed by atoms with van der Waals surface area (Å²) in [6.07, 6.45) is 1.96. The molecule has 0 saturated carbocycles. The molecule has 0 spiro atoms. The Morgan fingerprint density at radius 2 is 2.29 bits per heavy atom. The van der Waals surface area contributed by atoms with Crippen molar-refractivity contribution in [1.29, 1.82) is 0 Å². The summed E-state index contributed by atoms with van der Waals surface area (Å²) in [6.45, 7) is 5.27. The molecule has 0 aliphatic carbocycles. The molecule has 1 atom stereocenters. The van der Waals surface area contributed by atoms with E-state index >= 15 is 0 Å². The molecule has 1 aromatic rings. The fourth-order valence-corrected chi connectivity index (χ4v) is 3.12. The van der Waals surface area contributed by atoms with Crippen molar-refractivity contribution in [3.63, 3.8) is 0 Å². The number of carbonyl (C=O) groups excluding carboxylic acids is 1. The lowest BCUT2D eigenvalue weighted by atomic mass is 9.97. The number of likely N-dealkylation sites (tertiary alicyclic amines) is 1. The molecule has 1 unspecified atom stereocenters. The van der Waals surface area contributed by atoms with Gasteiger partial charge in [0.25, 0.3) is 0 Å². The van der Waals surface area contributed by atoms with E-state index in [0.717, 1.165) is 24.9 Å². The molecule has 1 amide bonds. The number of amides is 1. The molecule has 1 aliphatic heterocycles. The minimum Gasteiger partial charge on any atom is -0.389 e. The number of nitrogens with zero attached hydrogens (tertiary/aromatic N) is 1. The van der Waals surface area contributed by atoms with Gasteiger partial charge in [0.15, 0.2) is 0 Å². The van der Waals surface area contributed by atoms with E-state index in [9.17, 15) is 9.90 Å². The molecule has 2 N–H and O–H groups in total. The second-order valence-electron chi connectivity index (χ2n) is 6.19. The molecule has 1 heterocycles. The number of nitrogens with one attached hydrogen (secondary N) is 1. The average molecular weight is 311 g/mol. The number of benzene rings is 1. The number of hydrogen-bond acceptors (Lipinski definition) is 3. The predicted octanol–water partition coefficient (Wildman–Crippen LogP) is 2.19. The normalized spacial score (nSPS) is 19.7. The van der Waals surface area contributed by atoms with E-state index < -0.39 is 5.60 Å². The highest BCUT2D eigenvalue weighted by atomic mass is 35.5. The van der Waals surface area contributed by atoms with Crippen LogP contribution in [0.5, 0.6) is 0 Å². The molecule has 21 heavy (non-hydrogen) atoms. The maximum absolute atomic E-state index is 12.1. The van der Waals surface area contributed by atoms with Crippen molar-refractivity contribution in [3.05, 3.63) is 34.9 Å². The van der Waals surface area contributed by atoms with E-state index in [0.29, 0.717) is 18.1 Å². The van der Waals surface area contributed by atoms with Gasteiger partial charge in [0, 0.05) is 17.6 Å². The first-order valence-corrected chi connectivity index (χ1v) is 7.71. The van der Waals surface area contributed by atoms with Gasteiger partial charge in [0.05, 0.1) is 12.1 Å². The van der Waals surface area contributed by atoms with Crippen molar-refractivity contribution in [3.8, 4) is 0 Å². The van der Waals surface area contributed by atoms with E-state index in [2.05, 4.69) is 10.2 Å². The average Bonchev–Trinajstić information content (AvgIpc) is 2.84. The molecule has 1 fully saturated rings. The molecule has 0 aromatic heterocycles. The van der Waals surface area contributed by atoms with E-state index in [1.54, 1.807) is 13.8 Å². The zero-order valence-electron chi connectivity index (χ0n) is 12.6. The molecule has 0 radical (unpaired) electrons. The highest BCUT2D eigenvalue weighted by Crippen LogP contribution is 2.26. The van der Waals surface area contributed by atoms with Crippen LogP contribution in [0.15, 0.2) is 24.3 Å². The summed E-state index contributed by atoms with van der Waals surface area (Å²) in [6, 6.07) is 7.51. The van der Waals surface area contributed by atoms with Crippen LogP contribution >= 0.6 is 11.6 Å². The zero-order chi connectivity index (χ0) is 15.5. The van der Waals surface area contributed by atoms with Crippen LogP contribution in [-0.4, -0.2) is 40.6 Å². The fourth-order valence-electron chi connectivity index (χ4n) is 2.90. The van der Waals surface area contributed by atoms with Crippen LogP contribution in [0.4, 0.5) is 0 Å². The first-order chi connectivity index (χ1) is 9.86. The molecule has 1 aliphatic rings. The summed E-state index contributed by atoms with van der Waals surface area (Å²) in [5.41, 5.74) is 0.209. The third-order valence-corrected chi connectivity index (χ3v) is 4.14. The standard InChI is InChI=1S/C16H23ClN2O2/c1-16(2,21)14-7-4-8-19(14)11-15(20)18-10-12-5-3-6-13(17)9-12/h3,5-6,9,14,21H,4,7-8,10-11H2,1-2H3,(H,18,20). The Kier molecular flexibility index (Phi) is 5.25. The van der Waals surface area contributed by atoms with Crippen molar-refractivity contribution < 1.29 is 9.90 Å². The Labute approximate surface area is 131 Å². The number of rotatable bonds is 5. The largest absolute Gasteiger partial charge is 0.389 e. The Morgan fingerprint density at radius 3 is 2.95 bits per heavy atom. The van der Waals surface area contributed by atoms with E-state index in [1.165, 1.54) is 0 Å². The Morgan fingerprint density at radius 1 is 1.52 bits per heavy atom. The molecule has 5 heteroatoms. The van der Waals surface area contributed by atoms with Crippen LogP contribution in [0.1, 0.15) is 32.3 Å². The highest BCUT2D eigenvalue weighted by Gasteiger charge is 2.36. The number of halogens is 1. The van der Waals surface area contributed by atoms with Crippen molar-refractivity contribution in [2.45, 2.75) is 44.9 Å². The minimum atomic E-state index is -0.774. The van der Waals surface area contributed by atoms with Crippen molar-refractivity contribution in [2.75, 3.05) is 13.1 Å². The van der Waals surface area contributed by atoms with Gasteiger partial charge < -0.3 is 10.4 Å². The Balaban J connectivity index is 1.84. The van der Waals surface area contributed by atoms with Crippen LogP contribution in [-0.2, 0) is 11.3 Å². The van der Waals surface area contributed by atoms with Gasteiger partial charge in [-0.15, -0.1) is 0 Å². The van der Waals surface area contributed by atoms with Gasteiger partial charge in [-0.1, -0.05) is 23.7 Å². The first-order valence-electron chi connectivity index (χ1n) is 7.34. The van der Waals surface area contributed by atoms with Crippen LogP contribution in [0, 0.1) is 0 Å². The maximum Gasteiger partial charge on any atom is 0.234 e. The van der Waals surface area contributed by atoms with E-state index in [4.69, 9.17) is 11.6 Å². The topological polar surface area (TPSA) is 52.6 Å². The van der Waals surface area contributed by atoms with E-state index in [1.807, 2.05) is 24.3 Å². The Bertz CT molecular complexity index is 499. The van der Waals surface area contributed by atoms with Gasteiger partial charge in [-0.25, -0.2) is 0 Å². The summed E-state index contributed by atoms with van der Waals surface area (Å²) >= 11 is 5.92. The summed E-state index contributed by atoms with van der Waals surface area (Å²) < 4.78 is 0. The molecule has 2 rings (SSSR count). The van der Waals surface area contributed by atoms with Gasteiger partial charge in [-0.05, 0) is 50.9 Å². The molecule has 0 bridgehead atoms. The van der Waals surface area contributed by atoms with E-state index in [-0.39, 0.29) is 11.9 Å². The van der Waals surface area contributed by atoms with Gasteiger partial charge in [-0.3, -0.25) is 9.69 Å². The molecular formula is C16H23ClN2O2. The third-order valence-electron chi connectivity index (χ3n) is 3.90. The second-order valence-corrected chi connectivity index (χ2v) is 6.63. The molecular weight excluding hydrogens is 288 g/mol. The lowest BCUT2D eigenvalue weighted by molar-refractivity contribution is -0.123. The molecule has 1 aromatic carbocycles. The van der Waals surface area contributed by atoms with Gasteiger partial charge in [0.2, 0.25) is 5.91 Å².